The molecule has 1 aromatic heterocycles. The van der Waals surface area contributed by atoms with Crippen molar-refractivity contribution >= 4 is 28.1 Å². The van der Waals surface area contributed by atoms with Crippen LogP contribution < -0.4 is 9.64 Å². The van der Waals surface area contributed by atoms with E-state index in [1.807, 2.05) is 41.0 Å². The van der Waals surface area contributed by atoms with Crippen molar-refractivity contribution < 1.29 is 9.53 Å². The number of methoxy groups -OCH3 is 1. The Balaban J connectivity index is 1.73. The van der Waals surface area contributed by atoms with E-state index in [0.717, 1.165) is 53.8 Å². The number of para-hydroxylation sites is 2. The maximum absolute atomic E-state index is 13.3. The molecule has 2 heterocycles. The van der Waals surface area contributed by atoms with E-state index in [0.29, 0.717) is 0 Å². The fourth-order valence-corrected chi connectivity index (χ4v) is 4.78. The topological polar surface area (TPSA) is 45.7 Å². The molecule has 5 nitrogen and oxygen atoms in total. The summed E-state index contributed by atoms with van der Waals surface area (Å²) in [4.78, 5) is 22.2. The summed E-state index contributed by atoms with van der Waals surface area (Å²) in [6, 6.07) is 15.8. The Morgan fingerprint density at radius 3 is 2.53 bits per heavy atom. The first-order chi connectivity index (χ1) is 14.6. The van der Waals surface area contributed by atoms with Crippen molar-refractivity contribution in [1.82, 2.24) is 9.88 Å². The number of aryl methyl sites for hydroxylation is 1. The lowest BCUT2D eigenvalue weighted by Gasteiger charge is -2.31. The molecule has 1 atom stereocenters. The van der Waals surface area contributed by atoms with Crippen molar-refractivity contribution in [3.63, 3.8) is 0 Å². The van der Waals surface area contributed by atoms with E-state index >= 15 is 0 Å². The minimum Gasteiger partial charge on any atom is -0.495 e. The zero-order chi connectivity index (χ0) is 21.1. The van der Waals surface area contributed by atoms with Crippen molar-refractivity contribution in [2.45, 2.75) is 32.7 Å². The van der Waals surface area contributed by atoms with Gasteiger partial charge in [0, 0.05) is 24.0 Å². The van der Waals surface area contributed by atoms with Gasteiger partial charge in [-0.2, -0.15) is 0 Å². The van der Waals surface area contributed by atoms with E-state index in [4.69, 9.17) is 9.72 Å². The van der Waals surface area contributed by atoms with Gasteiger partial charge in [0.15, 0.2) is 5.13 Å². The zero-order valence-corrected chi connectivity index (χ0v) is 18.5. The number of anilines is 2. The third kappa shape index (κ3) is 4.05. The minimum absolute atomic E-state index is 0.130. The highest BCUT2D eigenvalue weighted by molar-refractivity contribution is 7.14. The standard InChI is InChI=1S/C24H27N3O2S/c1-17-10-12-19(13-11-17)20-16-30-24(25-20)27(21-8-4-5-9-22(21)29-3)18(2)23(28)26-14-6-7-15-26/h4-5,8-13,16,18H,6-7,14-15H2,1-3H3/t18-/m1/s1. The molecule has 1 saturated heterocycles. The molecule has 0 radical (unpaired) electrons. The zero-order valence-electron chi connectivity index (χ0n) is 17.7. The van der Waals surface area contributed by atoms with E-state index in [1.54, 1.807) is 18.4 Å². The van der Waals surface area contributed by atoms with Crippen molar-refractivity contribution in [3.8, 4) is 17.0 Å². The van der Waals surface area contributed by atoms with Crippen LogP contribution in [0.15, 0.2) is 53.9 Å². The van der Waals surface area contributed by atoms with Crippen LogP contribution in [0, 0.1) is 6.92 Å². The highest BCUT2D eigenvalue weighted by Crippen LogP contribution is 2.39. The maximum Gasteiger partial charge on any atom is 0.245 e. The number of rotatable bonds is 6. The number of benzene rings is 2. The second-order valence-electron chi connectivity index (χ2n) is 7.63. The summed E-state index contributed by atoms with van der Waals surface area (Å²) in [5.41, 5.74) is 4.05. The summed E-state index contributed by atoms with van der Waals surface area (Å²) >= 11 is 1.55. The normalized spacial score (nSPS) is 14.6. The number of hydrogen-bond donors (Lipinski definition) is 0. The largest absolute Gasteiger partial charge is 0.495 e. The average molecular weight is 422 g/mol. The smallest absolute Gasteiger partial charge is 0.245 e. The van der Waals surface area contributed by atoms with E-state index in [1.165, 1.54) is 5.56 Å². The molecule has 1 fully saturated rings. The SMILES string of the molecule is COc1ccccc1N(c1nc(-c2ccc(C)cc2)cs1)[C@H](C)C(=O)N1CCCC1. The molecular weight excluding hydrogens is 394 g/mol. The van der Waals surface area contributed by atoms with Crippen molar-refractivity contribution in [1.29, 1.82) is 0 Å². The Morgan fingerprint density at radius 2 is 1.83 bits per heavy atom. The van der Waals surface area contributed by atoms with Crippen LogP contribution in [-0.2, 0) is 4.79 Å². The second kappa shape index (κ2) is 8.88. The van der Waals surface area contributed by atoms with Crippen LogP contribution in [0.25, 0.3) is 11.3 Å². The molecule has 0 N–H and O–H groups in total. The molecule has 30 heavy (non-hydrogen) atoms. The number of amides is 1. The molecular formula is C24H27N3O2S. The summed E-state index contributed by atoms with van der Waals surface area (Å²) in [5.74, 6) is 0.858. The van der Waals surface area contributed by atoms with Crippen molar-refractivity contribution in [3.05, 3.63) is 59.5 Å². The van der Waals surface area contributed by atoms with E-state index < -0.39 is 0 Å². The van der Waals surface area contributed by atoms with E-state index in [9.17, 15) is 4.79 Å². The number of aromatic nitrogens is 1. The number of carbonyl (C=O) groups is 1. The summed E-state index contributed by atoms with van der Waals surface area (Å²) in [5, 5.41) is 2.84. The van der Waals surface area contributed by atoms with Gasteiger partial charge in [-0.05, 0) is 38.8 Å². The predicted octanol–water partition coefficient (Wildman–Crippen LogP) is 5.28. The Kier molecular flexibility index (Phi) is 6.04. The van der Waals surface area contributed by atoms with Crippen LogP contribution in [0.4, 0.5) is 10.8 Å². The van der Waals surface area contributed by atoms with E-state index in [-0.39, 0.29) is 11.9 Å². The lowest BCUT2D eigenvalue weighted by molar-refractivity contribution is -0.131. The number of nitrogens with zero attached hydrogens (tertiary/aromatic N) is 3. The number of hydrogen-bond acceptors (Lipinski definition) is 5. The van der Waals surface area contributed by atoms with Gasteiger partial charge in [-0.15, -0.1) is 11.3 Å². The summed E-state index contributed by atoms with van der Waals surface area (Å²) in [6.07, 6.45) is 2.14. The molecule has 6 heteroatoms. The molecule has 4 rings (SSSR count). The fraction of sp³-hybridized carbons (Fsp3) is 0.333. The highest BCUT2D eigenvalue weighted by atomic mass is 32.1. The molecule has 0 saturated carbocycles. The molecule has 1 aliphatic heterocycles. The lowest BCUT2D eigenvalue weighted by Crippen LogP contribution is -2.44. The van der Waals surface area contributed by atoms with Gasteiger partial charge in [0.1, 0.15) is 11.8 Å². The third-order valence-electron chi connectivity index (χ3n) is 5.55. The van der Waals surface area contributed by atoms with Crippen molar-refractivity contribution in [2.24, 2.45) is 0 Å². The lowest BCUT2D eigenvalue weighted by atomic mass is 10.1. The van der Waals surface area contributed by atoms with Gasteiger partial charge in [0.25, 0.3) is 0 Å². The van der Waals surface area contributed by atoms with Crippen LogP contribution in [0.3, 0.4) is 0 Å². The van der Waals surface area contributed by atoms with Gasteiger partial charge < -0.3 is 14.5 Å². The molecule has 3 aromatic rings. The first-order valence-corrected chi connectivity index (χ1v) is 11.2. The van der Waals surface area contributed by atoms with Crippen LogP contribution in [0.1, 0.15) is 25.3 Å². The number of likely N-dealkylation sites (tertiary alicyclic amines) is 1. The Morgan fingerprint density at radius 1 is 1.13 bits per heavy atom. The molecule has 2 aromatic carbocycles. The summed E-state index contributed by atoms with van der Waals surface area (Å²) < 4.78 is 5.62. The second-order valence-corrected chi connectivity index (χ2v) is 8.47. The Hall–Kier alpha value is -2.86. The molecule has 1 amide bonds. The fourth-order valence-electron chi connectivity index (χ4n) is 3.85. The highest BCUT2D eigenvalue weighted by Gasteiger charge is 2.32. The average Bonchev–Trinajstić information content (AvgIpc) is 3.47. The monoisotopic (exact) mass is 421 g/mol. The Bertz CT molecular complexity index is 1010. The minimum atomic E-state index is -0.378. The van der Waals surface area contributed by atoms with Gasteiger partial charge >= 0.3 is 0 Å². The molecule has 1 aliphatic rings. The number of ether oxygens (including phenoxy) is 1. The van der Waals surface area contributed by atoms with Crippen LogP contribution in [0.2, 0.25) is 0 Å². The maximum atomic E-state index is 13.3. The summed E-state index contributed by atoms with van der Waals surface area (Å²) in [7, 11) is 1.66. The van der Waals surface area contributed by atoms with Crippen molar-refractivity contribution in [2.75, 3.05) is 25.1 Å². The predicted molar refractivity (Wildman–Crippen MR) is 123 cm³/mol. The molecule has 0 unspecified atom stereocenters. The van der Waals surface area contributed by atoms with Gasteiger partial charge in [0.2, 0.25) is 5.91 Å². The summed E-state index contributed by atoms with van der Waals surface area (Å²) in [6.45, 7) is 5.69. The van der Waals surface area contributed by atoms with Gasteiger partial charge in [-0.1, -0.05) is 42.0 Å². The molecule has 0 spiro atoms. The van der Waals surface area contributed by atoms with Gasteiger partial charge in [-0.3, -0.25) is 4.79 Å². The number of carbonyl (C=O) groups excluding carboxylic acids is 1. The van der Waals surface area contributed by atoms with E-state index in [2.05, 4.69) is 36.6 Å². The first kappa shape index (κ1) is 20.4. The molecule has 0 bridgehead atoms. The Labute approximate surface area is 181 Å². The van der Waals surface area contributed by atoms with Crippen LogP contribution >= 0.6 is 11.3 Å². The van der Waals surface area contributed by atoms with Crippen LogP contribution in [-0.4, -0.2) is 42.0 Å². The molecule has 0 aliphatic carbocycles. The third-order valence-corrected chi connectivity index (χ3v) is 6.39. The van der Waals surface area contributed by atoms with Crippen LogP contribution in [0.5, 0.6) is 5.75 Å². The van der Waals surface area contributed by atoms with Gasteiger partial charge in [0.05, 0.1) is 18.5 Å². The number of thiazole rings is 1. The van der Waals surface area contributed by atoms with Gasteiger partial charge in [-0.25, -0.2) is 4.98 Å². The molecule has 156 valence electrons. The first-order valence-electron chi connectivity index (χ1n) is 10.3. The quantitative estimate of drug-likeness (QED) is 0.543.